The van der Waals surface area contributed by atoms with Gasteiger partial charge in [0, 0.05) is 0 Å². The van der Waals surface area contributed by atoms with E-state index in [4.69, 9.17) is 70.6 Å². The average Bonchev–Trinajstić information content (AvgIpc) is 2.57. The van der Waals surface area contributed by atoms with E-state index in [0.717, 1.165) is 13.1 Å². The minimum atomic E-state index is 0. The quantitative estimate of drug-likeness (QED) is 0.422. The standard InChI is InChI=1S/C7H18N2.5CN.Fe/c8-6-4-2-1-3-5-7-9;5*1-2;/h1-9H2;;;;;;/q;5*-1;+5. The summed E-state index contributed by atoms with van der Waals surface area (Å²) in [6.07, 6.45) is 6.19. The molecular weight excluding hydrogens is 298 g/mol. The van der Waals surface area contributed by atoms with E-state index in [1.54, 1.807) is 0 Å². The van der Waals surface area contributed by atoms with Gasteiger partial charge >= 0.3 is 17.1 Å². The average molecular weight is 316 g/mol. The van der Waals surface area contributed by atoms with Gasteiger partial charge in [-0.25, -0.2) is 0 Å². The third kappa shape index (κ3) is 233. The molecule has 0 saturated heterocycles. The van der Waals surface area contributed by atoms with Crippen LogP contribution >= 0.6 is 0 Å². The predicted octanol–water partition coefficient (Wildman–Crippen LogP) is 1.33. The summed E-state index contributed by atoms with van der Waals surface area (Å²) in [5, 5.41) is 31.2. The van der Waals surface area contributed by atoms with Crippen LogP contribution in [0.2, 0.25) is 0 Å². The fourth-order valence-electron chi connectivity index (χ4n) is 0.819. The SMILES string of the molecule is NCCCCCCCN.[C-]#N.[C-]#N.[C-]#N.[C-]#N.[C-]#N.[Fe+5]. The molecular formula is C12H18FeN7. The molecule has 0 unspecified atom stereocenters. The predicted molar refractivity (Wildman–Crippen MR) is 66.0 cm³/mol. The maximum absolute atomic E-state index is 6.25. The zero-order valence-corrected chi connectivity index (χ0v) is 12.3. The Labute approximate surface area is 133 Å². The monoisotopic (exact) mass is 316 g/mol. The van der Waals surface area contributed by atoms with Crippen molar-refractivity contribution in [2.45, 2.75) is 32.1 Å². The van der Waals surface area contributed by atoms with E-state index in [0.29, 0.717) is 0 Å². The third-order valence-electron chi connectivity index (χ3n) is 1.41. The molecule has 0 heterocycles. The van der Waals surface area contributed by atoms with Crippen molar-refractivity contribution in [3.05, 3.63) is 32.9 Å². The van der Waals surface area contributed by atoms with Crippen molar-refractivity contribution < 1.29 is 17.1 Å². The molecule has 0 fully saturated rings. The first-order valence-corrected chi connectivity index (χ1v) is 4.93. The Morgan fingerprint density at radius 2 is 0.600 bits per heavy atom. The molecule has 0 aromatic rings. The second-order valence-electron chi connectivity index (χ2n) is 2.35. The molecule has 0 aromatic carbocycles. The maximum atomic E-state index is 6.25. The maximum Gasteiger partial charge on any atom is 5.00 e. The van der Waals surface area contributed by atoms with Crippen LogP contribution in [0.1, 0.15) is 32.1 Å². The molecule has 0 aromatic heterocycles. The first-order chi connectivity index (χ1) is 9.41. The first-order valence-electron chi connectivity index (χ1n) is 4.93. The molecule has 1 radical (unpaired) electrons. The van der Waals surface area contributed by atoms with Crippen molar-refractivity contribution >= 4 is 0 Å². The van der Waals surface area contributed by atoms with Crippen molar-refractivity contribution in [3.63, 3.8) is 0 Å². The number of hydrogen-bond acceptors (Lipinski definition) is 7. The van der Waals surface area contributed by atoms with Crippen LogP contribution < -0.4 is 11.5 Å². The summed E-state index contributed by atoms with van der Waals surface area (Å²) in [7, 11) is 0. The third-order valence-corrected chi connectivity index (χ3v) is 1.41. The van der Waals surface area contributed by atoms with Gasteiger partial charge in [-0.2, -0.15) is 0 Å². The number of nitrogens with zero attached hydrogens (tertiary/aromatic N) is 5. The van der Waals surface area contributed by atoms with E-state index < -0.39 is 0 Å². The number of hydrogen-bond donors (Lipinski definition) is 2. The Morgan fingerprint density at radius 3 is 0.750 bits per heavy atom. The van der Waals surface area contributed by atoms with Gasteiger partial charge in [0.1, 0.15) is 0 Å². The molecule has 0 saturated carbocycles. The summed E-state index contributed by atoms with van der Waals surface area (Å²) in [5.74, 6) is 0. The molecule has 0 aliphatic heterocycles. The van der Waals surface area contributed by atoms with Crippen molar-refractivity contribution in [1.82, 2.24) is 0 Å². The summed E-state index contributed by atoms with van der Waals surface area (Å²) >= 11 is 0. The molecule has 109 valence electrons. The largest absolute Gasteiger partial charge is 5.00 e. The first kappa shape index (κ1) is 43.0. The molecule has 0 aliphatic rings. The summed E-state index contributed by atoms with van der Waals surface area (Å²) in [4.78, 5) is 0. The molecule has 8 heteroatoms. The number of rotatable bonds is 6. The summed E-state index contributed by atoms with van der Waals surface area (Å²) in [6.45, 7) is 25.4. The van der Waals surface area contributed by atoms with E-state index in [9.17, 15) is 0 Å². The van der Waals surface area contributed by atoms with Crippen LogP contribution in [0.4, 0.5) is 0 Å². The van der Waals surface area contributed by atoms with Gasteiger partial charge in [-0.3, -0.25) is 0 Å². The van der Waals surface area contributed by atoms with Crippen LogP contribution in [0, 0.1) is 59.2 Å². The molecule has 0 rings (SSSR count). The van der Waals surface area contributed by atoms with Crippen molar-refractivity contribution in [3.8, 4) is 0 Å². The summed E-state index contributed by atoms with van der Waals surface area (Å²) < 4.78 is 0. The van der Waals surface area contributed by atoms with Crippen molar-refractivity contribution in [2.24, 2.45) is 11.5 Å². The molecule has 20 heavy (non-hydrogen) atoms. The summed E-state index contributed by atoms with van der Waals surface area (Å²) in [6, 6.07) is 0. The zero-order valence-electron chi connectivity index (χ0n) is 11.2. The second kappa shape index (κ2) is 178. The Balaban J connectivity index is -0.0000000261. The number of nitrogens with two attached hydrogens (primary N) is 2. The van der Waals surface area contributed by atoms with Crippen LogP contribution in [0.25, 0.3) is 0 Å². The normalized spacial score (nSPS) is 5.00. The van der Waals surface area contributed by atoms with Crippen LogP contribution in [0.15, 0.2) is 0 Å². The van der Waals surface area contributed by atoms with Gasteiger partial charge in [0.15, 0.2) is 0 Å². The van der Waals surface area contributed by atoms with E-state index >= 15 is 0 Å². The minimum Gasteiger partial charge on any atom is -0.512 e. The van der Waals surface area contributed by atoms with Crippen molar-refractivity contribution in [1.29, 1.82) is 26.3 Å². The van der Waals surface area contributed by atoms with Gasteiger partial charge in [0.25, 0.3) is 0 Å². The second-order valence-corrected chi connectivity index (χ2v) is 2.35. The van der Waals surface area contributed by atoms with Crippen LogP contribution in [0.5, 0.6) is 0 Å². The van der Waals surface area contributed by atoms with Gasteiger partial charge in [0.05, 0.1) is 0 Å². The van der Waals surface area contributed by atoms with Gasteiger partial charge in [-0.1, -0.05) is 19.3 Å². The van der Waals surface area contributed by atoms with Crippen LogP contribution in [-0.4, -0.2) is 13.1 Å². The Morgan fingerprint density at radius 1 is 0.450 bits per heavy atom. The molecule has 0 amide bonds. The van der Waals surface area contributed by atoms with Gasteiger partial charge < -0.3 is 70.6 Å². The summed E-state index contributed by atoms with van der Waals surface area (Å²) in [5.41, 5.74) is 10.6. The van der Waals surface area contributed by atoms with E-state index in [2.05, 4.69) is 0 Å². The molecule has 7 nitrogen and oxygen atoms in total. The molecule has 4 N–H and O–H groups in total. The van der Waals surface area contributed by atoms with Gasteiger partial charge in [-0.05, 0) is 25.9 Å². The Bertz CT molecular complexity index is 155. The van der Waals surface area contributed by atoms with Crippen molar-refractivity contribution in [2.75, 3.05) is 13.1 Å². The minimum absolute atomic E-state index is 0. The van der Waals surface area contributed by atoms with E-state index in [-0.39, 0.29) is 17.1 Å². The molecule has 0 bridgehead atoms. The number of unbranched alkanes of at least 4 members (excludes halogenated alkanes) is 4. The van der Waals surface area contributed by atoms with Crippen LogP contribution in [0.3, 0.4) is 0 Å². The van der Waals surface area contributed by atoms with E-state index in [1.165, 1.54) is 32.1 Å². The topological polar surface area (TPSA) is 171 Å². The van der Waals surface area contributed by atoms with Gasteiger partial charge in [-0.15, -0.1) is 0 Å². The van der Waals surface area contributed by atoms with Crippen LogP contribution in [-0.2, 0) is 17.1 Å². The van der Waals surface area contributed by atoms with Gasteiger partial charge in [0.2, 0.25) is 0 Å². The Kier molecular flexibility index (Phi) is 384. The molecule has 0 atom stereocenters. The van der Waals surface area contributed by atoms with E-state index in [1.807, 2.05) is 0 Å². The zero-order chi connectivity index (χ0) is 16.9. The fraction of sp³-hybridized carbons (Fsp3) is 0.583. The Hall–Kier alpha value is -2.11. The molecule has 0 spiro atoms. The fourth-order valence-corrected chi connectivity index (χ4v) is 0.819. The smallest absolute Gasteiger partial charge is 0.512 e. The molecule has 0 aliphatic carbocycles.